The number of hydrogen-bond acceptors (Lipinski definition) is 4. The predicted octanol–water partition coefficient (Wildman–Crippen LogP) is 4.38. The Hall–Kier alpha value is -1.46. The number of rotatable bonds is 9. The SMILES string of the molecule is CCCOc1ccc(C(C)NC(=O)C2CCCC(N)C2)cc1OCCC.Cl. The number of nitrogens with two attached hydrogens (primary N) is 1. The van der Waals surface area contributed by atoms with Gasteiger partial charge in [0.15, 0.2) is 11.5 Å². The van der Waals surface area contributed by atoms with Crippen LogP contribution in [0.5, 0.6) is 11.5 Å². The summed E-state index contributed by atoms with van der Waals surface area (Å²) in [4.78, 5) is 12.6. The summed E-state index contributed by atoms with van der Waals surface area (Å²) in [6, 6.07) is 6.00. The zero-order valence-electron chi connectivity index (χ0n) is 16.8. The van der Waals surface area contributed by atoms with Crippen LogP contribution in [0.2, 0.25) is 0 Å². The third kappa shape index (κ3) is 7.23. The average Bonchev–Trinajstić information content (AvgIpc) is 2.64. The second kappa shape index (κ2) is 12.1. The molecule has 1 aliphatic carbocycles. The van der Waals surface area contributed by atoms with Crippen molar-refractivity contribution in [2.75, 3.05) is 13.2 Å². The third-order valence-corrected chi connectivity index (χ3v) is 4.84. The van der Waals surface area contributed by atoms with E-state index < -0.39 is 0 Å². The van der Waals surface area contributed by atoms with E-state index in [1.54, 1.807) is 0 Å². The fourth-order valence-electron chi connectivity index (χ4n) is 3.33. The minimum atomic E-state index is -0.0788. The first kappa shape index (κ1) is 23.6. The van der Waals surface area contributed by atoms with Gasteiger partial charge in [-0.1, -0.05) is 26.3 Å². The molecule has 1 aromatic carbocycles. The standard InChI is InChI=1S/C21H34N2O3.ClH/c1-4-11-25-19-10-9-16(14-20(19)26-12-5-2)15(3)23-21(24)17-7-6-8-18(22)13-17;/h9-10,14-15,17-18H,4-8,11-13,22H2,1-3H3,(H,23,24);1H. The molecule has 0 saturated heterocycles. The van der Waals surface area contributed by atoms with Crippen molar-refractivity contribution in [3.05, 3.63) is 23.8 Å². The molecule has 1 fully saturated rings. The van der Waals surface area contributed by atoms with Crippen molar-refractivity contribution in [3.8, 4) is 11.5 Å². The lowest BCUT2D eigenvalue weighted by Gasteiger charge is -2.27. The zero-order valence-corrected chi connectivity index (χ0v) is 17.6. The minimum Gasteiger partial charge on any atom is -0.490 e. The predicted molar refractivity (Wildman–Crippen MR) is 112 cm³/mol. The summed E-state index contributed by atoms with van der Waals surface area (Å²) in [7, 11) is 0. The highest BCUT2D eigenvalue weighted by Gasteiger charge is 2.26. The van der Waals surface area contributed by atoms with E-state index in [2.05, 4.69) is 19.2 Å². The van der Waals surface area contributed by atoms with Crippen molar-refractivity contribution < 1.29 is 14.3 Å². The van der Waals surface area contributed by atoms with Crippen molar-refractivity contribution in [2.45, 2.75) is 71.4 Å². The lowest BCUT2D eigenvalue weighted by Crippen LogP contribution is -2.38. The molecule has 0 heterocycles. The number of carbonyl (C=O) groups excluding carboxylic acids is 1. The van der Waals surface area contributed by atoms with Crippen molar-refractivity contribution >= 4 is 18.3 Å². The number of carbonyl (C=O) groups is 1. The Morgan fingerprint density at radius 1 is 1.19 bits per heavy atom. The van der Waals surface area contributed by atoms with Crippen LogP contribution in [0.1, 0.15) is 70.9 Å². The van der Waals surface area contributed by atoms with Crippen LogP contribution in [0.4, 0.5) is 0 Å². The van der Waals surface area contributed by atoms with Crippen molar-refractivity contribution in [3.63, 3.8) is 0 Å². The summed E-state index contributed by atoms with van der Waals surface area (Å²) < 4.78 is 11.6. The molecule has 0 aromatic heterocycles. The molecule has 2 rings (SSSR count). The summed E-state index contributed by atoms with van der Waals surface area (Å²) in [5, 5.41) is 3.14. The van der Waals surface area contributed by atoms with E-state index in [0.29, 0.717) is 13.2 Å². The first-order valence-electron chi connectivity index (χ1n) is 10.0. The molecule has 3 unspecified atom stereocenters. The van der Waals surface area contributed by atoms with Gasteiger partial charge in [-0.2, -0.15) is 0 Å². The maximum Gasteiger partial charge on any atom is 0.223 e. The molecule has 3 atom stereocenters. The fraction of sp³-hybridized carbons (Fsp3) is 0.667. The Balaban J connectivity index is 0.00000364. The lowest BCUT2D eigenvalue weighted by molar-refractivity contribution is -0.126. The van der Waals surface area contributed by atoms with Crippen LogP contribution in [0.3, 0.4) is 0 Å². The minimum absolute atomic E-state index is 0. The normalized spacial score (nSPS) is 20.3. The second-order valence-corrected chi connectivity index (χ2v) is 7.26. The zero-order chi connectivity index (χ0) is 18.9. The quantitative estimate of drug-likeness (QED) is 0.647. The van der Waals surface area contributed by atoms with Crippen LogP contribution < -0.4 is 20.5 Å². The first-order chi connectivity index (χ1) is 12.5. The molecule has 154 valence electrons. The van der Waals surface area contributed by atoms with Gasteiger partial charge in [-0.25, -0.2) is 0 Å². The maximum atomic E-state index is 12.6. The monoisotopic (exact) mass is 398 g/mol. The van der Waals surface area contributed by atoms with Crippen molar-refractivity contribution in [2.24, 2.45) is 11.7 Å². The van der Waals surface area contributed by atoms with Crippen LogP contribution >= 0.6 is 12.4 Å². The molecule has 1 aliphatic rings. The second-order valence-electron chi connectivity index (χ2n) is 7.26. The highest BCUT2D eigenvalue weighted by atomic mass is 35.5. The average molecular weight is 399 g/mol. The van der Waals surface area contributed by atoms with E-state index in [-0.39, 0.29) is 36.3 Å². The summed E-state index contributed by atoms with van der Waals surface area (Å²) in [5.41, 5.74) is 7.04. The van der Waals surface area contributed by atoms with Crippen LogP contribution in [-0.4, -0.2) is 25.2 Å². The van der Waals surface area contributed by atoms with Gasteiger partial charge >= 0.3 is 0 Å². The third-order valence-electron chi connectivity index (χ3n) is 4.84. The van der Waals surface area contributed by atoms with Gasteiger partial charge in [-0.3, -0.25) is 4.79 Å². The molecule has 5 nitrogen and oxygen atoms in total. The van der Waals surface area contributed by atoms with Gasteiger partial charge in [0.05, 0.1) is 19.3 Å². The Bertz CT molecular complexity index is 583. The molecular formula is C21H35ClN2O3. The van der Waals surface area contributed by atoms with E-state index in [9.17, 15) is 4.79 Å². The van der Waals surface area contributed by atoms with Gasteiger partial charge < -0.3 is 20.5 Å². The summed E-state index contributed by atoms with van der Waals surface area (Å²) in [5.74, 6) is 1.65. The number of ether oxygens (including phenoxy) is 2. The molecule has 0 bridgehead atoms. The van der Waals surface area contributed by atoms with Gasteiger partial charge in [0.2, 0.25) is 5.91 Å². The summed E-state index contributed by atoms with van der Waals surface area (Å²) in [6.45, 7) is 7.47. The van der Waals surface area contributed by atoms with E-state index >= 15 is 0 Å². The number of hydrogen-bond donors (Lipinski definition) is 2. The van der Waals surface area contributed by atoms with Crippen LogP contribution in [-0.2, 0) is 4.79 Å². The Morgan fingerprint density at radius 2 is 1.85 bits per heavy atom. The van der Waals surface area contributed by atoms with E-state index in [1.807, 2.05) is 25.1 Å². The number of nitrogens with one attached hydrogen (secondary N) is 1. The molecule has 6 heteroatoms. The van der Waals surface area contributed by atoms with Crippen molar-refractivity contribution in [1.82, 2.24) is 5.32 Å². The molecule has 3 N–H and O–H groups in total. The summed E-state index contributed by atoms with van der Waals surface area (Å²) in [6.07, 6.45) is 5.66. The molecule has 1 aromatic rings. The number of benzene rings is 1. The molecule has 0 spiro atoms. The van der Waals surface area contributed by atoms with Crippen LogP contribution in [0, 0.1) is 5.92 Å². The van der Waals surface area contributed by atoms with E-state index in [1.165, 1.54) is 0 Å². The van der Waals surface area contributed by atoms with Gasteiger partial charge in [0.25, 0.3) is 0 Å². The molecular weight excluding hydrogens is 364 g/mol. The van der Waals surface area contributed by atoms with Gasteiger partial charge in [-0.05, 0) is 56.7 Å². The van der Waals surface area contributed by atoms with Gasteiger partial charge in [0, 0.05) is 12.0 Å². The smallest absolute Gasteiger partial charge is 0.223 e. The largest absolute Gasteiger partial charge is 0.490 e. The van der Waals surface area contributed by atoms with Crippen LogP contribution in [0.25, 0.3) is 0 Å². The molecule has 27 heavy (non-hydrogen) atoms. The lowest BCUT2D eigenvalue weighted by atomic mass is 9.85. The molecule has 1 amide bonds. The number of amides is 1. The fourth-order valence-corrected chi connectivity index (χ4v) is 3.33. The Kier molecular flexibility index (Phi) is 10.6. The van der Waals surface area contributed by atoms with Gasteiger partial charge in [-0.15, -0.1) is 12.4 Å². The Labute approximate surface area is 169 Å². The first-order valence-corrected chi connectivity index (χ1v) is 10.0. The van der Waals surface area contributed by atoms with E-state index in [0.717, 1.165) is 55.6 Å². The highest BCUT2D eigenvalue weighted by molar-refractivity contribution is 5.85. The molecule has 0 radical (unpaired) electrons. The summed E-state index contributed by atoms with van der Waals surface area (Å²) >= 11 is 0. The topological polar surface area (TPSA) is 73.6 Å². The maximum absolute atomic E-state index is 12.6. The molecule has 1 saturated carbocycles. The van der Waals surface area contributed by atoms with Crippen LogP contribution in [0.15, 0.2) is 18.2 Å². The molecule has 0 aliphatic heterocycles. The van der Waals surface area contributed by atoms with E-state index in [4.69, 9.17) is 15.2 Å². The van der Waals surface area contributed by atoms with Gasteiger partial charge in [0.1, 0.15) is 0 Å². The highest BCUT2D eigenvalue weighted by Crippen LogP contribution is 2.31. The number of halogens is 1. The Morgan fingerprint density at radius 3 is 2.48 bits per heavy atom. The van der Waals surface area contributed by atoms with Crippen molar-refractivity contribution in [1.29, 1.82) is 0 Å².